The number of aromatic nitrogens is 3. The lowest BCUT2D eigenvalue weighted by Gasteiger charge is -2.40. The molecule has 15 atom stereocenters. The van der Waals surface area contributed by atoms with E-state index < -0.39 is 75.6 Å². The lowest BCUT2D eigenvalue weighted by molar-refractivity contribution is -0.156. The molecule has 12 aliphatic rings. The van der Waals surface area contributed by atoms with Gasteiger partial charge in [-0.1, -0.05) is 27.0 Å². The average molecular weight is 1330 g/mol. The molecule has 6 bridgehead atoms. The quantitative estimate of drug-likeness (QED) is 0.0858. The fourth-order valence-electron chi connectivity index (χ4n) is 17.4. The molecule has 22 nitrogen and oxygen atoms in total. The first kappa shape index (κ1) is 65.7. The molecule has 9 heterocycles. The maximum absolute atomic E-state index is 13.9. The summed E-state index contributed by atoms with van der Waals surface area (Å²) in [6.45, 7) is 1.07. The van der Waals surface area contributed by atoms with Gasteiger partial charge in [0.2, 0.25) is 22.6 Å². The minimum atomic E-state index is -4.64. The maximum Gasteiger partial charge on any atom is 0.446 e. The maximum atomic E-state index is 13.9. The van der Waals surface area contributed by atoms with Crippen molar-refractivity contribution < 1.29 is 83.6 Å². The van der Waals surface area contributed by atoms with Crippen molar-refractivity contribution in [2.45, 2.75) is 129 Å². The van der Waals surface area contributed by atoms with Gasteiger partial charge in [0.15, 0.2) is 34.3 Å². The highest BCUT2D eigenvalue weighted by Gasteiger charge is 2.69. The smallest absolute Gasteiger partial charge is 0.446 e. The summed E-state index contributed by atoms with van der Waals surface area (Å²) in [6.07, 6.45) is 5.00. The molecule has 0 unspecified atom stereocenters. The molecule has 29 heteroatoms. The molecular weight excluding hydrogens is 1260 g/mol. The van der Waals surface area contributed by atoms with Gasteiger partial charge in [-0.25, -0.2) is 22.4 Å². The average Bonchev–Trinajstić information content (AvgIpc) is 1.54. The van der Waals surface area contributed by atoms with Crippen molar-refractivity contribution in [2.75, 3.05) is 21.3 Å². The topological polar surface area (TPSA) is 267 Å². The van der Waals surface area contributed by atoms with Gasteiger partial charge in [0.05, 0.1) is 39.5 Å². The molecule has 6 saturated carbocycles. The molecule has 6 aliphatic carbocycles. The second-order valence-corrected chi connectivity index (χ2v) is 26.0. The summed E-state index contributed by atoms with van der Waals surface area (Å²) in [5.41, 5.74) is -2.29. The molecule has 3 aromatic heterocycles. The van der Waals surface area contributed by atoms with E-state index in [0.29, 0.717) is 79.1 Å². The van der Waals surface area contributed by atoms with Crippen LogP contribution in [0.15, 0.2) is 69.4 Å². The summed E-state index contributed by atoms with van der Waals surface area (Å²) in [4.78, 5) is 130. The number of halogens is 7. The summed E-state index contributed by atoms with van der Waals surface area (Å²) in [7, 11) is 3.89. The van der Waals surface area contributed by atoms with Gasteiger partial charge in [0, 0.05) is 92.7 Å². The van der Waals surface area contributed by atoms with Crippen molar-refractivity contribution in [2.24, 2.45) is 53.3 Å². The van der Waals surface area contributed by atoms with E-state index in [0.717, 1.165) is 56.2 Å². The van der Waals surface area contributed by atoms with Gasteiger partial charge in [0.25, 0.3) is 29.5 Å². The standard InChI is InChI=1S/C23H21F2N3O4.C22H19F2N3O4.C17H18N2O5.C2HF3O.2CH4/c1-32-21-19-23(31)28-17-6-14(12-5-13(12)17)18(28)9-27(19)8-15(20(21)29)22(30)26-7-10-2-3-11(24)4-16(10)25;23-10-2-1-9(15(24)3-10)6-25-21(30)14-7-26-8-17-13-5-16(12-4-11(12)13)27(17)22(31)18(26)20(29)19(14)28;1-23-15-13-16(21)19-11-4-9(7-3-8(7)11)12(19)6-18(13)5-10(14(15)20)17(22)24-2;3-2(4,5)1-6;;/h2-4,8,12-14,17-18H,5-7,9H2,1H3,(H,26,30);1-3,7,11-13,16-17,29H,4-6,8H2,(H,25,30);5,7-9,11-12H,3-4,6H2,1-2H3;1H;2*1H4/t12-,13+,14-,17+,18-;11-,12+,13-,16+,17-;7-,8+,9-,11+,12-;;;/m111.../s1. The van der Waals surface area contributed by atoms with Gasteiger partial charge in [0.1, 0.15) is 40.0 Å². The van der Waals surface area contributed by atoms with E-state index in [-0.39, 0.29) is 132 Å². The normalized spacial score (nSPS) is 28.7. The number of esters is 1. The van der Waals surface area contributed by atoms with E-state index in [1.165, 1.54) is 63.0 Å². The number of rotatable bonds is 9. The highest BCUT2D eigenvalue weighted by atomic mass is 19.4. The first-order chi connectivity index (χ1) is 44.4. The molecule has 6 aliphatic heterocycles. The van der Waals surface area contributed by atoms with Crippen molar-refractivity contribution in [1.29, 1.82) is 0 Å². The van der Waals surface area contributed by atoms with E-state index in [2.05, 4.69) is 10.6 Å². The number of aromatic hydroxyl groups is 1. The van der Waals surface area contributed by atoms with Crippen LogP contribution in [-0.4, -0.2) is 139 Å². The fraction of sp³-hybridized carbons (Fsp3) is 0.485. The van der Waals surface area contributed by atoms with Crippen LogP contribution in [-0.2, 0) is 42.3 Å². The Balaban J connectivity index is 0.000000130. The number of nitrogens with zero attached hydrogens (tertiary/aromatic N) is 6. The number of nitrogens with one attached hydrogen (secondary N) is 2. The number of piperidine rings is 3. The zero-order valence-electron chi connectivity index (χ0n) is 49.8. The van der Waals surface area contributed by atoms with Crippen molar-refractivity contribution in [1.82, 2.24) is 39.0 Å². The Hall–Kier alpha value is -9.31. The lowest BCUT2D eigenvalue weighted by Crippen LogP contribution is -2.53. The van der Waals surface area contributed by atoms with Crippen LogP contribution in [0.1, 0.15) is 127 Å². The number of pyridine rings is 3. The number of benzene rings is 2. The van der Waals surface area contributed by atoms with Crippen LogP contribution in [0.4, 0.5) is 30.7 Å². The first-order valence-electron chi connectivity index (χ1n) is 30.5. The highest BCUT2D eigenvalue weighted by molar-refractivity contribution is 6.01. The predicted molar refractivity (Wildman–Crippen MR) is 319 cm³/mol. The van der Waals surface area contributed by atoms with Crippen molar-refractivity contribution in [3.8, 4) is 17.2 Å². The number of aldehydes is 1. The highest BCUT2D eigenvalue weighted by Crippen LogP contribution is 2.66. The monoisotopic (exact) mass is 1330 g/mol. The summed E-state index contributed by atoms with van der Waals surface area (Å²) in [5.74, 6) is -1.63. The van der Waals surface area contributed by atoms with Crippen LogP contribution in [0, 0.1) is 76.5 Å². The molecule has 0 spiro atoms. The number of hydrogen-bond acceptors (Lipinski definition) is 14. The van der Waals surface area contributed by atoms with Gasteiger partial charge in [-0.15, -0.1) is 0 Å². The van der Waals surface area contributed by atoms with Gasteiger partial charge < -0.3 is 58.4 Å². The van der Waals surface area contributed by atoms with Gasteiger partial charge in [-0.2, -0.15) is 13.2 Å². The van der Waals surface area contributed by atoms with E-state index in [1.807, 2.05) is 14.7 Å². The number of alkyl halides is 3. The van der Waals surface area contributed by atoms with Crippen LogP contribution < -0.4 is 36.4 Å². The molecule has 2 aromatic carbocycles. The lowest BCUT2D eigenvalue weighted by atomic mass is 9.94. The third-order valence-electron chi connectivity index (χ3n) is 21.5. The summed E-state index contributed by atoms with van der Waals surface area (Å²) in [5, 5.41) is 15.4. The summed E-state index contributed by atoms with van der Waals surface area (Å²) < 4.78 is 105. The molecule has 9 fully saturated rings. The number of amides is 5. The molecule has 3 N–H and O–H groups in total. The SMILES string of the molecule is C.C.COC(=O)c1cn2c(c(OC)c1=O)C(=O)N1[C@H](C2)[C@@H]2C[C@H]1[C@H]1C[C@@H]21.COc1c2n(cc(C(=O)NCc3ccc(F)cc3F)c1=O)C[C@@H]1[C@@H]3C[C@@H]([C@H]4C[C@@H]34)N1C2=O.O=C(NCc1ccc(F)cc1F)c1cn2c(c(O)c1=O)C(=O)N1[C@H](C2)[C@@H]2C[C@H]1[C@H]1C[C@@H]21.O=CC(F)(F)F. The largest absolute Gasteiger partial charge is 0.503 e. The number of hydrogen-bond donors (Lipinski definition) is 3. The fourth-order valence-corrected chi connectivity index (χ4v) is 17.4. The van der Waals surface area contributed by atoms with Gasteiger partial charge >= 0.3 is 12.1 Å². The first-order valence-corrected chi connectivity index (χ1v) is 30.5. The minimum absolute atomic E-state index is 0. The van der Waals surface area contributed by atoms with Gasteiger partial charge in [-0.3, -0.25) is 43.2 Å². The van der Waals surface area contributed by atoms with Crippen LogP contribution in [0.3, 0.4) is 0 Å². The van der Waals surface area contributed by atoms with Gasteiger partial charge in [-0.05, 0) is 104 Å². The van der Waals surface area contributed by atoms with Crippen LogP contribution in [0.5, 0.6) is 17.2 Å². The van der Waals surface area contributed by atoms with E-state index in [9.17, 15) is 79.0 Å². The zero-order valence-corrected chi connectivity index (χ0v) is 49.8. The minimum Gasteiger partial charge on any atom is -0.503 e. The molecule has 0 radical (unpaired) electrons. The summed E-state index contributed by atoms with van der Waals surface area (Å²) >= 11 is 0. The van der Waals surface area contributed by atoms with Crippen LogP contribution >= 0.6 is 0 Å². The zero-order chi connectivity index (χ0) is 65.9. The van der Waals surface area contributed by atoms with Crippen molar-refractivity contribution in [3.05, 3.63) is 154 Å². The molecule has 504 valence electrons. The number of carbonyl (C=O) groups excluding carboxylic acids is 7. The number of fused-ring (bicyclic) bond motifs is 27. The third-order valence-corrected chi connectivity index (χ3v) is 21.5. The molecular formula is C66H67F7N8O14. The molecule has 5 amide bonds. The number of ether oxygens (including phenoxy) is 3. The Morgan fingerprint density at radius 1 is 0.516 bits per heavy atom. The molecule has 95 heavy (non-hydrogen) atoms. The Labute approximate surface area is 536 Å². The Morgan fingerprint density at radius 2 is 0.853 bits per heavy atom. The third kappa shape index (κ3) is 10.6. The number of methoxy groups -OCH3 is 3. The van der Waals surface area contributed by atoms with Crippen LogP contribution in [0.25, 0.3) is 0 Å². The Morgan fingerprint density at radius 3 is 1.21 bits per heavy atom. The second kappa shape index (κ2) is 23.9. The van der Waals surface area contributed by atoms with Crippen molar-refractivity contribution >= 4 is 41.8 Å². The van der Waals surface area contributed by atoms with Crippen LogP contribution in [0.2, 0.25) is 0 Å². The Kier molecular flexibility index (Phi) is 16.5. The second-order valence-electron chi connectivity index (χ2n) is 26.0. The van der Waals surface area contributed by atoms with Crippen molar-refractivity contribution in [3.63, 3.8) is 0 Å². The van der Waals surface area contributed by atoms with E-state index >= 15 is 0 Å². The predicted octanol–water partition coefficient (Wildman–Crippen LogP) is 6.08. The van der Waals surface area contributed by atoms with E-state index in [1.54, 1.807) is 9.13 Å². The Bertz CT molecular complexity index is 4310. The molecule has 3 saturated heterocycles. The van der Waals surface area contributed by atoms with E-state index in [4.69, 9.17) is 19.0 Å². The molecule has 5 aromatic rings. The molecule has 17 rings (SSSR count). The number of carbonyl (C=O) groups is 7. The summed E-state index contributed by atoms with van der Waals surface area (Å²) in [6, 6.07) is 7.03.